The smallest absolute Gasteiger partial charge is 0.314 e. The number of hydrogen-bond acceptors (Lipinski definition) is 7. The molecular formula is C28H47NO6. The Bertz CT molecular complexity index is 762. The lowest BCUT2D eigenvalue weighted by Crippen LogP contribution is -2.70. The lowest BCUT2D eigenvalue weighted by Gasteiger charge is -2.65. The standard InChI is InChI=1S/C28H47NO6/c1-19(2)12-25(5,24(3,4)29)23(30)35-28-15-20-13-26(17-28,33-21-8-6-10-31-21)16-27(14-20,18-28)34-22-9-7-11-32-22/h19-22H,6-18,29H2,1-5H3. The average molecular weight is 494 g/mol. The monoisotopic (exact) mass is 493 g/mol. The molecule has 2 aliphatic heterocycles. The third kappa shape index (κ3) is 4.93. The largest absolute Gasteiger partial charge is 0.458 e. The molecule has 0 radical (unpaired) electrons. The maximum atomic E-state index is 14.0. The minimum atomic E-state index is -0.782. The van der Waals surface area contributed by atoms with Gasteiger partial charge in [0.25, 0.3) is 0 Å². The predicted molar refractivity (Wildman–Crippen MR) is 131 cm³/mol. The van der Waals surface area contributed by atoms with Gasteiger partial charge in [0.2, 0.25) is 0 Å². The Morgan fingerprint density at radius 1 is 0.914 bits per heavy atom. The fourth-order valence-electron chi connectivity index (χ4n) is 8.13. The maximum Gasteiger partial charge on any atom is 0.314 e. The zero-order chi connectivity index (χ0) is 25.1. The van der Waals surface area contributed by atoms with Gasteiger partial charge in [0.1, 0.15) is 5.60 Å². The molecule has 6 aliphatic rings. The number of esters is 1. The van der Waals surface area contributed by atoms with Gasteiger partial charge in [-0.15, -0.1) is 0 Å². The number of nitrogens with two attached hydrogens (primary N) is 1. The molecule has 7 nitrogen and oxygen atoms in total. The van der Waals surface area contributed by atoms with E-state index in [1.54, 1.807) is 0 Å². The molecule has 2 saturated heterocycles. The molecule has 2 N–H and O–H groups in total. The van der Waals surface area contributed by atoms with E-state index in [0.29, 0.717) is 31.1 Å². The highest BCUT2D eigenvalue weighted by molar-refractivity contribution is 5.78. The second-order valence-corrected chi connectivity index (χ2v) is 13.7. The van der Waals surface area contributed by atoms with E-state index in [1.165, 1.54) is 0 Å². The van der Waals surface area contributed by atoms with Crippen LogP contribution < -0.4 is 5.73 Å². The normalized spacial score (nSPS) is 42.5. The van der Waals surface area contributed by atoms with Gasteiger partial charge in [0.15, 0.2) is 12.6 Å². The van der Waals surface area contributed by atoms with Crippen LogP contribution in [-0.4, -0.2) is 54.1 Å². The van der Waals surface area contributed by atoms with E-state index < -0.39 is 16.6 Å². The molecule has 7 heteroatoms. The summed E-state index contributed by atoms with van der Waals surface area (Å²) in [5, 5.41) is 0. The Balaban J connectivity index is 1.44. The second-order valence-electron chi connectivity index (χ2n) is 13.7. The molecule has 6 rings (SSSR count). The average Bonchev–Trinajstić information content (AvgIpc) is 3.38. The van der Waals surface area contributed by atoms with Crippen molar-refractivity contribution in [2.75, 3.05) is 13.2 Å². The van der Waals surface area contributed by atoms with Gasteiger partial charge in [0.05, 0.1) is 16.6 Å². The number of hydrogen-bond donors (Lipinski definition) is 1. The highest BCUT2D eigenvalue weighted by atomic mass is 16.7. The van der Waals surface area contributed by atoms with Gasteiger partial charge in [-0.2, -0.15) is 0 Å². The first-order valence-corrected chi connectivity index (χ1v) is 14.0. The SMILES string of the molecule is CC(C)CC(C)(C(=O)OC12CC3CC(OC4CCCO4)(C1)CC(OC1CCCO1)(C3)C2)C(C)(C)N. The van der Waals surface area contributed by atoms with Crippen molar-refractivity contribution in [3.05, 3.63) is 0 Å². The fourth-order valence-corrected chi connectivity index (χ4v) is 8.13. The fraction of sp³-hybridized carbons (Fsp3) is 0.964. The van der Waals surface area contributed by atoms with Crippen molar-refractivity contribution in [2.24, 2.45) is 23.0 Å². The Morgan fingerprint density at radius 2 is 1.40 bits per heavy atom. The first kappa shape index (κ1) is 25.9. The van der Waals surface area contributed by atoms with Gasteiger partial charge >= 0.3 is 5.97 Å². The van der Waals surface area contributed by atoms with Crippen molar-refractivity contribution in [1.29, 1.82) is 0 Å². The van der Waals surface area contributed by atoms with Gasteiger partial charge in [-0.25, -0.2) is 0 Å². The Morgan fingerprint density at radius 3 is 1.83 bits per heavy atom. The first-order valence-electron chi connectivity index (χ1n) is 14.0. The minimum Gasteiger partial charge on any atom is -0.458 e. The summed E-state index contributed by atoms with van der Waals surface area (Å²) in [4.78, 5) is 14.0. The molecule has 5 atom stereocenters. The highest BCUT2D eigenvalue weighted by Crippen LogP contribution is 2.64. The summed E-state index contributed by atoms with van der Waals surface area (Å²) in [6.07, 6.45) is 9.31. The van der Waals surface area contributed by atoms with Crippen molar-refractivity contribution in [3.8, 4) is 0 Å². The van der Waals surface area contributed by atoms with E-state index in [-0.39, 0.29) is 29.8 Å². The summed E-state index contributed by atoms with van der Waals surface area (Å²) >= 11 is 0. The lowest BCUT2D eigenvalue weighted by atomic mass is 9.50. The van der Waals surface area contributed by atoms with Gasteiger partial charge in [0, 0.05) is 50.9 Å². The molecule has 5 unspecified atom stereocenters. The van der Waals surface area contributed by atoms with Crippen LogP contribution in [0.2, 0.25) is 0 Å². The summed E-state index contributed by atoms with van der Waals surface area (Å²) in [6.45, 7) is 11.6. The molecular weight excluding hydrogens is 446 g/mol. The van der Waals surface area contributed by atoms with E-state index in [9.17, 15) is 4.79 Å². The summed E-state index contributed by atoms with van der Waals surface area (Å²) < 4.78 is 32.0. The van der Waals surface area contributed by atoms with Crippen LogP contribution in [-0.2, 0) is 28.5 Å². The van der Waals surface area contributed by atoms with Crippen LogP contribution in [0.15, 0.2) is 0 Å². The molecule has 4 bridgehead atoms. The van der Waals surface area contributed by atoms with Crippen molar-refractivity contribution >= 4 is 5.97 Å². The summed E-state index contributed by atoms with van der Waals surface area (Å²) in [7, 11) is 0. The van der Waals surface area contributed by atoms with Gasteiger partial charge in [-0.05, 0) is 71.1 Å². The number of carbonyl (C=O) groups is 1. The molecule has 0 aromatic carbocycles. The molecule has 0 aromatic rings. The Hall–Kier alpha value is -0.730. The summed E-state index contributed by atoms with van der Waals surface area (Å²) in [5.41, 5.74) is 3.76. The Labute approximate surface area is 211 Å². The minimum absolute atomic E-state index is 0.173. The van der Waals surface area contributed by atoms with E-state index >= 15 is 0 Å². The van der Waals surface area contributed by atoms with Crippen molar-refractivity contribution < 1.29 is 28.5 Å². The van der Waals surface area contributed by atoms with Crippen LogP contribution in [0.5, 0.6) is 0 Å². The maximum absolute atomic E-state index is 14.0. The predicted octanol–water partition coefficient (Wildman–Crippen LogP) is 4.84. The van der Waals surface area contributed by atoms with Crippen LogP contribution in [0.4, 0.5) is 0 Å². The topological polar surface area (TPSA) is 89.2 Å². The van der Waals surface area contributed by atoms with Gasteiger partial charge in [-0.3, -0.25) is 4.79 Å². The molecule has 6 fully saturated rings. The van der Waals surface area contributed by atoms with Crippen LogP contribution in [0, 0.1) is 17.3 Å². The van der Waals surface area contributed by atoms with Crippen LogP contribution in [0.3, 0.4) is 0 Å². The van der Waals surface area contributed by atoms with Crippen molar-refractivity contribution in [1.82, 2.24) is 0 Å². The van der Waals surface area contributed by atoms with E-state index in [2.05, 4.69) is 13.8 Å². The van der Waals surface area contributed by atoms with Gasteiger partial charge < -0.3 is 29.4 Å². The molecule has 4 saturated carbocycles. The van der Waals surface area contributed by atoms with Gasteiger partial charge in [-0.1, -0.05) is 13.8 Å². The number of rotatable bonds is 9. The quantitative estimate of drug-likeness (QED) is 0.460. The lowest BCUT2D eigenvalue weighted by molar-refractivity contribution is -0.332. The molecule has 4 aliphatic carbocycles. The molecule has 2 heterocycles. The molecule has 0 spiro atoms. The molecule has 200 valence electrons. The number of ether oxygens (including phenoxy) is 5. The zero-order valence-corrected chi connectivity index (χ0v) is 22.5. The highest BCUT2D eigenvalue weighted by Gasteiger charge is 2.68. The van der Waals surface area contributed by atoms with E-state index in [4.69, 9.17) is 29.4 Å². The third-order valence-electron chi connectivity index (χ3n) is 9.45. The van der Waals surface area contributed by atoms with Crippen molar-refractivity contribution in [2.45, 2.75) is 140 Å². The first-order chi connectivity index (χ1) is 16.4. The van der Waals surface area contributed by atoms with Crippen molar-refractivity contribution in [3.63, 3.8) is 0 Å². The molecule has 35 heavy (non-hydrogen) atoms. The Kier molecular flexibility index (Phi) is 6.61. The van der Waals surface area contributed by atoms with Crippen LogP contribution in [0.25, 0.3) is 0 Å². The third-order valence-corrected chi connectivity index (χ3v) is 9.45. The van der Waals surface area contributed by atoms with Crippen LogP contribution >= 0.6 is 0 Å². The molecule has 0 amide bonds. The summed E-state index contributed by atoms with van der Waals surface area (Å²) in [6, 6.07) is 0. The van der Waals surface area contributed by atoms with Crippen LogP contribution in [0.1, 0.15) is 105 Å². The zero-order valence-electron chi connectivity index (χ0n) is 22.5. The second kappa shape index (κ2) is 8.93. The van der Waals surface area contributed by atoms with E-state index in [1.807, 2.05) is 20.8 Å². The number of carbonyl (C=O) groups excluding carboxylic acids is 1. The van der Waals surface area contributed by atoms with E-state index in [0.717, 1.165) is 64.6 Å². The molecule has 0 aromatic heterocycles. The summed E-state index contributed by atoms with van der Waals surface area (Å²) in [5.74, 6) is 0.541.